The number of ether oxygens (including phenoxy) is 2. The lowest BCUT2D eigenvalue weighted by atomic mass is 9.80. The van der Waals surface area contributed by atoms with Gasteiger partial charge in [-0.2, -0.15) is 0 Å². The van der Waals surface area contributed by atoms with Crippen LogP contribution in [0, 0.1) is 0 Å². The standard InChI is InChI=1S/C28H33N3O4S/c1-27(2,3)35-26(33)29-25-30(5)24(32)21-10-7-8-11-22(21)28(4,23-12-9-17-36-23)31(25)18-19-13-15-20(34-6)16-14-19/h7,9-10,12-17H,8,11,18H2,1-6H3/b29-25+. The summed E-state index contributed by atoms with van der Waals surface area (Å²) in [5, 5.41) is 2.03. The molecule has 0 saturated heterocycles. The van der Waals surface area contributed by atoms with Gasteiger partial charge in [0, 0.05) is 24.0 Å². The summed E-state index contributed by atoms with van der Waals surface area (Å²) in [7, 11) is 3.30. The molecular weight excluding hydrogens is 474 g/mol. The van der Waals surface area contributed by atoms with Gasteiger partial charge in [0.05, 0.1) is 12.6 Å². The van der Waals surface area contributed by atoms with Crippen molar-refractivity contribution in [3.05, 3.63) is 75.5 Å². The highest BCUT2D eigenvalue weighted by atomic mass is 32.1. The second-order valence-corrected chi connectivity index (χ2v) is 11.0. The van der Waals surface area contributed by atoms with E-state index in [1.807, 2.05) is 47.9 Å². The van der Waals surface area contributed by atoms with Crippen molar-refractivity contribution in [2.75, 3.05) is 14.2 Å². The van der Waals surface area contributed by atoms with Gasteiger partial charge in [-0.1, -0.05) is 30.4 Å². The summed E-state index contributed by atoms with van der Waals surface area (Å²) in [6, 6.07) is 11.9. The van der Waals surface area contributed by atoms with Gasteiger partial charge in [0.1, 0.15) is 11.4 Å². The molecule has 0 fully saturated rings. The zero-order valence-corrected chi connectivity index (χ0v) is 22.5. The van der Waals surface area contributed by atoms with Crippen LogP contribution in [-0.2, 0) is 21.6 Å². The van der Waals surface area contributed by atoms with Crippen LogP contribution in [0.2, 0.25) is 0 Å². The molecule has 2 aromatic rings. The Morgan fingerprint density at radius 1 is 1.19 bits per heavy atom. The first-order chi connectivity index (χ1) is 17.0. The molecule has 1 aliphatic heterocycles. The number of carbonyl (C=O) groups is 2. The van der Waals surface area contributed by atoms with Crippen LogP contribution in [0.5, 0.6) is 5.75 Å². The molecule has 1 unspecified atom stereocenters. The van der Waals surface area contributed by atoms with Gasteiger partial charge in [-0.25, -0.2) is 4.79 Å². The minimum absolute atomic E-state index is 0.191. The van der Waals surface area contributed by atoms with Crippen LogP contribution in [0.3, 0.4) is 0 Å². The molecule has 190 valence electrons. The van der Waals surface area contributed by atoms with Gasteiger partial charge in [-0.3, -0.25) is 9.69 Å². The summed E-state index contributed by atoms with van der Waals surface area (Å²) in [4.78, 5) is 35.7. The van der Waals surface area contributed by atoms with Crippen LogP contribution >= 0.6 is 11.3 Å². The maximum atomic E-state index is 13.7. The molecule has 0 N–H and O–H groups in total. The second-order valence-electron chi connectivity index (χ2n) is 10.1. The lowest BCUT2D eigenvalue weighted by Crippen LogP contribution is -2.52. The van der Waals surface area contributed by atoms with Crippen LogP contribution in [-0.4, -0.2) is 47.5 Å². The molecule has 2 amide bonds. The second kappa shape index (κ2) is 9.93. The average molecular weight is 508 g/mol. The third kappa shape index (κ3) is 4.95. The molecule has 1 aromatic carbocycles. The summed E-state index contributed by atoms with van der Waals surface area (Å²) < 4.78 is 10.9. The van der Waals surface area contributed by atoms with E-state index in [2.05, 4.69) is 22.9 Å². The van der Waals surface area contributed by atoms with Crippen molar-refractivity contribution >= 4 is 29.3 Å². The fourth-order valence-corrected chi connectivity index (χ4v) is 5.59. The summed E-state index contributed by atoms with van der Waals surface area (Å²) in [5.41, 5.74) is 1.23. The zero-order chi connectivity index (χ0) is 26.1. The van der Waals surface area contributed by atoms with Crippen molar-refractivity contribution in [3.63, 3.8) is 0 Å². The first kappa shape index (κ1) is 25.7. The Morgan fingerprint density at radius 2 is 1.92 bits per heavy atom. The normalized spacial score (nSPS) is 21.5. The Labute approximate surface area is 216 Å². The van der Waals surface area contributed by atoms with Crippen molar-refractivity contribution in [3.8, 4) is 5.75 Å². The lowest BCUT2D eigenvalue weighted by Gasteiger charge is -2.44. The number of rotatable bonds is 4. The summed E-state index contributed by atoms with van der Waals surface area (Å²) >= 11 is 1.63. The Bertz CT molecular complexity index is 1220. The number of thiophene rings is 1. The van der Waals surface area contributed by atoms with E-state index < -0.39 is 17.2 Å². The Hall–Kier alpha value is -3.39. The third-order valence-electron chi connectivity index (χ3n) is 6.46. The topological polar surface area (TPSA) is 71.4 Å². The van der Waals surface area contributed by atoms with Gasteiger partial charge in [0.15, 0.2) is 0 Å². The van der Waals surface area contributed by atoms with Crippen molar-refractivity contribution in [2.45, 2.75) is 58.2 Å². The van der Waals surface area contributed by atoms with E-state index in [1.165, 1.54) is 4.90 Å². The van der Waals surface area contributed by atoms with Crippen molar-refractivity contribution in [2.24, 2.45) is 4.99 Å². The fourth-order valence-electron chi connectivity index (χ4n) is 4.67. The Balaban J connectivity index is 1.94. The number of methoxy groups -OCH3 is 1. The van der Waals surface area contributed by atoms with Gasteiger partial charge < -0.3 is 14.4 Å². The van der Waals surface area contributed by atoms with Crippen molar-refractivity contribution in [1.82, 2.24) is 9.80 Å². The number of amides is 2. The van der Waals surface area contributed by atoms with Crippen LogP contribution < -0.4 is 4.74 Å². The number of guanidine groups is 1. The van der Waals surface area contributed by atoms with E-state index in [4.69, 9.17) is 9.47 Å². The number of aliphatic imine (C=N–C) groups is 1. The van der Waals surface area contributed by atoms with Crippen LogP contribution in [0.15, 0.2) is 70.1 Å². The average Bonchev–Trinajstić information content (AvgIpc) is 3.38. The van der Waals surface area contributed by atoms with E-state index in [-0.39, 0.29) is 11.9 Å². The van der Waals surface area contributed by atoms with E-state index in [1.54, 1.807) is 46.3 Å². The predicted molar refractivity (Wildman–Crippen MR) is 142 cm³/mol. The van der Waals surface area contributed by atoms with Gasteiger partial charge in [-0.05, 0) is 75.3 Å². The molecule has 0 saturated carbocycles. The highest BCUT2D eigenvalue weighted by molar-refractivity contribution is 7.10. The molecule has 0 radical (unpaired) electrons. The van der Waals surface area contributed by atoms with Gasteiger partial charge in [0.25, 0.3) is 5.91 Å². The first-order valence-corrected chi connectivity index (χ1v) is 12.9. The number of likely N-dealkylation sites (N-methyl/N-ethyl adjacent to an activating group) is 1. The monoisotopic (exact) mass is 507 g/mol. The molecule has 4 rings (SSSR count). The Morgan fingerprint density at radius 3 is 2.53 bits per heavy atom. The maximum absolute atomic E-state index is 13.7. The smallest absolute Gasteiger partial charge is 0.437 e. The third-order valence-corrected chi connectivity index (χ3v) is 7.54. The number of hydrogen-bond donors (Lipinski definition) is 0. The van der Waals surface area contributed by atoms with Gasteiger partial charge in [0.2, 0.25) is 5.96 Å². The largest absolute Gasteiger partial charge is 0.497 e. The highest BCUT2D eigenvalue weighted by Gasteiger charge is 2.47. The minimum Gasteiger partial charge on any atom is -0.497 e. The minimum atomic E-state index is -0.735. The van der Waals surface area contributed by atoms with Crippen molar-refractivity contribution in [1.29, 1.82) is 0 Å². The summed E-state index contributed by atoms with van der Waals surface area (Å²) in [6.45, 7) is 7.92. The van der Waals surface area contributed by atoms with E-state index >= 15 is 0 Å². The molecule has 1 atom stereocenters. The number of carbonyl (C=O) groups excluding carboxylic acids is 2. The molecule has 7 nitrogen and oxygen atoms in total. The molecule has 0 spiro atoms. The molecule has 8 heteroatoms. The summed E-state index contributed by atoms with van der Waals surface area (Å²) in [6.07, 6.45) is 4.78. The van der Waals surface area contributed by atoms with Crippen LogP contribution in [0.25, 0.3) is 0 Å². The molecule has 1 aliphatic carbocycles. The van der Waals surface area contributed by atoms with Crippen LogP contribution in [0.1, 0.15) is 51.0 Å². The van der Waals surface area contributed by atoms with Crippen LogP contribution in [0.4, 0.5) is 4.79 Å². The molecule has 0 bridgehead atoms. The quantitative estimate of drug-likeness (QED) is 0.517. The SMILES string of the molecule is COc1ccc(CN2/C(=N/C(=O)OC(C)(C)C)N(C)C(=O)C3=C(CCC=C3)C2(C)c2cccs2)cc1. The predicted octanol–water partition coefficient (Wildman–Crippen LogP) is 5.88. The van der Waals surface area contributed by atoms with E-state index in [0.29, 0.717) is 12.1 Å². The first-order valence-electron chi connectivity index (χ1n) is 12.0. The summed E-state index contributed by atoms with van der Waals surface area (Å²) in [5.74, 6) is 0.819. The number of nitrogens with zero attached hydrogens (tertiary/aromatic N) is 3. The number of allylic oxidation sites excluding steroid dienone is 1. The van der Waals surface area contributed by atoms with E-state index in [9.17, 15) is 9.59 Å². The van der Waals surface area contributed by atoms with E-state index in [0.717, 1.165) is 34.6 Å². The highest BCUT2D eigenvalue weighted by Crippen LogP contribution is 2.46. The Kier molecular flexibility index (Phi) is 7.09. The molecule has 36 heavy (non-hydrogen) atoms. The molecule has 2 heterocycles. The number of benzene rings is 1. The molecule has 2 aliphatic rings. The van der Waals surface area contributed by atoms with Gasteiger partial charge >= 0.3 is 6.09 Å². The lowest BCUT2D eigenvalue weighted by molar-refractivity contribution is -0.122. The molecule has 1 aromatic heterocycles. The molecular formula is C28H33N3O4S. The van der Waals surface area contributed by atoms with Crippen molar-refractivity contribution < 1.29 is 19.1 Å². The number of hydrogen-bond acceptors (Lipinski definition) is 5. The maximum Gasteiger partial charge on any atom is 0.437 e. The van der Waals surface area contributed by atoms with Gasteiger partial charge in [-0.15, -0.1) is 16.3 Å². The zero-order valence-electron chi connectivity index (χ0n) is 21.7. The fraction of sp³-hybridized carbons (Fsp3) is 0.393.